The van der Waals surface area contributed by atoms with Gasteiger partial charge in [0.25, 0.3) is 0 Å². The molecule has 78 valence electrons. The fourth-order valence-electron chi connectivity index (χ4n) is 2.53. The van der Waals surface area contributed by atoms with Crippen molar-refractivity contribution in [3.05, 3.63) is 24.2 Å². The first-order chi connectivity index (χ1) is 6.56. The van der Waals surface area contributed by atoms with E-state index in [-0.39, 0.29) is 5.41 Å². The molecule has 1 heterocycles. The van der Waals surface area contributed by atoms with Crippen LogP contribution < -0.4 is 0 Å². The van der Waals surface area contributed by atoms with Gasteiger partial charge in [-0.25, -0.2) is 0 Å². The standard InChI is InChI=1S/C12H18O2/c1-11(2)6-3-4-7-12(11,13)10-5-8-14-9-10/h5,8-9,13H,3-4,6-7H2,1-2H3. The number of furan rings is 1. The minimum absolute atomic E-state index is 0.0465. The Labute approximate surface area is 84.9 Å². The first-order valence-corrected chi connectivity index (χ1v) is 5.31. The topological polar surface area (TPSA) is 33.4 Å². The van der Waals surface area contributed by atoms with Crippen molar-refractivity contribution in [2.45, 2.75) is 45.1 Å². The third-order valence-electron chi connectivity index (χ3n) is 3.71. The molecule has 0 aliphatic heterocycles. The Morgan fingerprint density at radius 1 is 1.29 bits per heavy atom. The maximum absolute atomic E-state index is 10.7. The van der Waals surface area contributed by atoms with Crippen LogP contribution in [0.15, 0.2) is 23.0 Å². The summed E-state index contributed by atoms with van der Waals surface area (Å²) in [6, 6.07) is 1.88. The van der Waals surface area contributed by atoms with E-state index in [4.69, 9.17) is 4.42 Å². The predicted molar refractivity (Wildman–Crippen MR) is 54.9 cm³/mol. The zero-order valence-corrected chi connectivity index (χ0v) is 8.92. The molecule has 1 aromatic heterocycles. The predicted octanol–water partition coefficient (Wildman–Crippen LogP) is 3.07. The van der Waals surface area contributed by atoms with E-state index in [1.165, 1.54) is 6.42 Å². The highest BCUT2D eigenvalue weighted by Gasteiger charge is 2.46. The summed E-state index contributed by atoms with van der Waals surface area (Å²) in [6.45, 7) is 4.28. The summed E-state index contributed by atoms with van der Waals surface area (Å²) in [5.74, 6) is 0. The number of hydrogen-bond acceptors (Lipinski definition) is 2. The number of hydrogen-bond donors (Lipinski definition) is 1. The van der Waals surface area contributed by atoms with E-state index in [1.807, 2.05) is 6.07 Å². The molecule has 2 heteroatoms. The zero-order chi connectivity index (χ0) is 10.2. The summed E-state index contributed by atoms with van der Waals surface area (Å²) in [5, 5.41) is 10.7. The molecule has 1 aliphatic rings. The van der Waals surface area contributed by atoms with Gasteiger partial charge in [-0.2, -0.15) is 0 Å². The molecule has 0 spiro atoms. The largest absolute Gasteiger partial charge is 0.472 e. The van der Waals surface area contributed by atoms with Gasteiger partial charge in [0.15, 0.2) is 0 Å². The molecular weight excluding hydrogens is 176 g/mol. The van der Waals surface area contributed by atoms with E-state index in [9.17, 15) is 5.11 Å². The molecule has 0 bridgehead atoms. The second-order valence-electron chi connectivity index (χ2n) is 4.96. The van der Waals surface area contributed by atoms with Crippen LogP contribution in [0.4, 0.5) is 0 Å². The molecule has 1 N–H and O–H groups in total. The second kappa shape index (κ2) is 3.13. The lowest BCUT2D eigenvalue weighted by atomic mass is 9.63. The SMILES string of the molecule is CC1(C)CCCCC1(O)c1ccoc1. The minimum atomic E-state index is -0.696. The minimum Gasteiger partial charge on any atom is -0.472 e. The Morgan fingerprint density at radius 2 is 2.00 bits per heavy atom. The highest BCUT2D eigenvalue weighted by atomic mass is 16.3. The molecule has 0 aromatic carbocycles. The maximum Gasteiger partial charge on any atom is 0.0978 e. The van der Waals surface area contributed by atoms with Crippen molar-refractivity contribution in [3.8, 4) is 0 Å². The van der Waals surface area contributed by atoms with Crippen LogP contribution in [-0.2, 0) is 5.60 Å². The van der Waals surface area contributed by atoms with Crippen LogP contribution in [0.3, 0.4) is 0 Å². The van der Waals surface area contributed by atoms with Gasteiger partial charge in [-0.05, 0) is 24.3 Å². The first-order valence-electron chi connectivity index (χ1n) is 5.31. The average molecular weight is 194 g/mol. The fraction of sp³-hybridized carbons (Fsp3) is 0.667. The van der Waals surface area contributed by atoms with Gasteiger partial charge in [0.05, 0.1) is 18.1 Å². The Balaban J connectivity index is 2.37. The van der Waals surface area contributed by atoms with Gasteiger partial charge in [-0.1, -0.05) is 26.7 Å². The van der Waals surface area contributed by atoms with E-state index in [0.717, 1.165) is 24.8 Å². The molecule has 1 saturated carbocycles. The third-order valence-corrected chi connectivity index (χ3v) is 3.71. The van der Waals surface area contributed by atoms with E-state index in [1.54, 1.807) is 12.5 Å². The van der Waals surface area contributed by atoms with E-state index in [2.05, 4.69) is 13.8 Å². The molecule has 1 atom stereocenters. The summed E-state index contributed by atoms with van der Waals surface area (Å²) in [4.78, 5) is 0. The van der Waals surface area contributed by atoms with Crippen LogP contribution in [0.2, 0.25) is 0 Å². The van der Waals surface area contributed by atoms with Crippen LogP contribution in [0.25, 0.3) is 0 Å². The van der Waals surface area contributed by atoms with Gasteiger partial charge in [-0.15, -0.1) is 0 Å². The third kappa shape index (κ3) is 1.29. The van der Waals surface area contributed by atoms with Gasteiger partial charge in [0.2, 0.25) is 0 Å². The maximum atomic E-state index is 10.7. The van der Waals surface area contributed by atoms with E-state index >= 15 is 0 Å². The van der Waals surface area contributed by atoms with Gasteiger partial charge in [0, 0.05) is 5.56 Å². The van der Waals surface area contributed by atoms with Crippen molar-refractivity contribution in [2.24, 2.45) is 5.41 Å². The van der Waals surface area contributed by atoms with Gasteiger partial charge in [0.1, 0.15) is 0 Å². The molecule has 14 heavy (non-hydrogen) atoms. The molecule has 1 fully saturated rings. The molecule has 1 aliphatic carbocycles. The van der Waals surface area contributed by atoms with Crippen molar-refractivity contribution in [1.29, 1.82) is 0 Å². The van der Waals surface area contributed by atoms with Gasteiger partial charge < -0.3 is 9.52 Å². The molecule has 0 saturated heterocycles. The summed E-state index contributed by atoms with van der Waals surface area (Å²) in [5.41, 5.74) is 0.190. The zero-order valence-electron chi connectivity index (χ0n) is 8.92. The van der Waals surface area contributed by atoms with Crippen LogP contribution in [0.5, 0.6) is 0 Å². The normalized spacial score (nSPS) is 31.6. The van der Waals surface area contributed by atoms with Crippen molar-refractivity contribution in [1.82, 2.24) is 0 Å². The fourth-order valence-corrected chi connectivity index (χ4v) is 2.53. The molecule has 1 aromatic rings. The van der Waals surface area contributed by atoms with Gasteiger partial charge >= 0.3 is 0 Å². The molecular formula is C12H18O2. The van der Waals surface area contributed by atoms with Crippen LogP contribution in [0.1, 0.15) is 45.1 Å². The second-order valence-corrected chi connectivity index (χ2v) is 4.96. The smallest absolute Gasteiger partial charge is 0.0978 e. The Kier molecular flexibility index (Phi) is 2.18. The quantitative estimate of drug-likeness (QED) is 0.745. The van der Waals surface area contributed by atoms with Crippen molar-refractivity contribution < 1.29 is 9.52 Å². The summed E-state index contributed by atoms with van der Waals surface area (Å²) >= 11 is 0. The lowest BCUT2D eigenvalue weighted by Crippen LogP contribution is -2.44. The average Bonchev–Trinajstić information content (AvgIpc) is 2.63. The lowest BCUT2D eigenvalue weighted by molar-refractivity contribution is -0.104. The van der Waals surface area contributed by atoms with Crippen LogP contribution >= 0.6 is 0 Å². The van der Waals surface area contributed by atoms with Crippen LogP contribution in [0, 0.1) is 5.41 Å². The summed E-state index contributed by atoms with van der Waals surface area (Å²) in [7, 11) is 0. The highest BCUT2D eigenvalue weighted by molar-refractivity contribution is 5.20. The Morgan fingerprint density at radius 3 is 2.57 bits per heavy atom. The summed E-state index contributed by atoms with van der Waals surface area (Å²) < 4.78 is 5.07. The molecule has 2 nitrogen and oxygen atoms in total. The Bertz CT molecular complexity index is 300. The molecule has 0 amide bonds. The van der Waals surface area contributed by atoms with Crippen LogP contribution in [-0.4, -0.2) is 5.11 Å². The Hall–Kier alpha value is -0.760. The van der Waals surface area contributed by atoms with Gasteiger partial charge in [-0.3, -0.25) is 0 Å². The van der Waals surface area contributed by atoms with E-state index in [0.29, 0.717) is 0 Å². The molecule has 2 rings (SSSR count). The summed E-state index contributed by atoms with van der Waals surface area (Å²) in [6.07, 6.45) is 7.55. The first kappa shape index (κ1) is 9.78. The van der Waals surface area contributed by atoms with Crippen molar-refractivity contribution in [2.75, 3.05) is 0 Å². The number of rotatable bonds is 1. The van der Waals surface area contributed by atoms with E-state index < -0.39 is 5.60 Å². The molecule has 0 radical (unpaired) electrons. The van der Waals surface area contributed by atoms with Crippen molar-refractivity contribution in [3.63, 3.8) is 0 Å². The highest BCUT2D eigenvalue weighted by Crippen LogP contribution is 2.50. The molecule has 1 unspecified atom stereocenters. The van der Waals surface area contributed by atoms with Crippen molar-refractivity contribution >= 4 is 0 Å². The monoisotopic (exact) mass is 194 g/mol. The lowest BCUT2D eigenvalue weighted by Gasteiger charge is -2.46. The number of aliphatic hydroxyl groups is 1.